The van der Waals surface area contributed by atoms with Crippen molar-refractivity contribution in [2.75, 3.05) is 0 Å². The largest absolute Gasteiger partial charge is 0.332 e. The van der Waals surface area contributed by atoms with Crippen LogP contribution < -0.4 is 5.73 Å². The third kappa shape index (κ3) is 1.57. The van der Waals surface area contributed by atoms with Crippen LogP contribution in [0.15, 0.2) is 35.1 Å². The van der Waals surface area contributed by atoms with Gasteiger partial charge in [-0.1, -0.05) is 11.2 Å². The lowest BCUT2D eigenvalue weighted by Crippen LogP contribution is -2.44. The van der Waals surface area contributed by atoms with E-state index in [9.17, 15) is 0 Å². The van der Waals surface area contributed by atoms with E-state index in [2.05, 4.69) is 15.1 Å². The number of nitrogens with zero attached hydrogens (tertiary/aromatic N) is 4. The summed E-state index contributed by atoms with van der Waals surface area (Å²) >= 11 is 0. The Morgan fingerprint density at radius 2 is 2.16 bits per heavy atom. The Balaban J connectivity index is 1.75. The third-order valence-corrected chi connectivity index (χ3v) is 3.70. The molecule has 96 valence electrons. The Bertz CT molecular complexity index is 707. The van der Waals surface area contributed by atoms with Crippen LogP contribution in [-0.2, 0) is 5.54 Å². The fourth-order valence-corrected chi connectivity index (χ4v) is 2.35. The van der Waals surface area contributed by atoms with Gasteiger partial charge in [0.05, 0.1) is 5.54 Å². The van der Waals surface area contributed by atoms with E-state index in [1.54, 1.807) is 0 Å². The first-order valence-corrected chi connectivity index (χ1v) is 6.32. The Labute approximate surface area is 109 Å². The highest BCUT2D eigenvalue weighted by Gasteiger charge is 2.39. The number of hydrogen-bond acceptors (Lipinski definition) is 5. The molecule has 0 radical (unpaired) electrons. The molecule has 0 amide bonds. The molecule has 3 aromatic heterocycles. The van der Waals surface area contributed by atoms with Crippen molar-refractivity contribution in [2.45, 2.75) is 24.8 Å². The molecule has 1 fully saturated rings. The standard InChI is InChI=1S/C13H13N5O/c14-13(5-3-6-13)12-16-11(19-17-12)9-8-18-7-2-1-4-10(18)15-9/h1-2,4,7-8H,3,5-6,14H2. The van der Waals surface area contributed by atoms with Crippen LogP contribution in [0.25, 0.3) is 17.2 Å². The van der Waals surface area contributed by atoms with Crippen LogP contribution in [-0.4, -0.2) is 19.5 Å². The summed E-state index contributed by atoms with van der Waals surface area (Å²) in [7, 11) is 0. The zero-order chi connectivity index (χ0) is 12.9. The molecule has 1 aliphatic carbocycles. The lowest BCUT2D eigenvalue weighted by molar-refractivity contribution is 0.229. The van der Waals surface area contributed by atoms with E-state index < -0.39 is 5.54 Å². The summed E-state index contributed by atoms with van der Waals surface area (Å²) in [5, 5.41) is 4.00. The average molecular weight is 255 g/mol. The number of fused-ring (bicyclic) bond motifs is 1. The summed E-state index contributed by atoms with van der Waals surface area (Å²) in [5.41, 5.74) is 7.30. The summed E-state index contributed by atoms with van der Waals surface area (Å²) < 4.78 is 7.20. The van der Waals surface area contributed by atoms with Crippen LogP contribution >= 0.6 is 0 Å². The monoisotopic (exact) mass is 255 g/mol. The van der Waals surface area contributed by atoms with Crippen LogP contribution in [0.4, 0.5) is 0 Å². The second-order valence-electron chi connectivity index (χ2n) is 5.03. The molecular formula is C13H13N5O. The van der Waals surface area contributed by atoms with E-state index in [-0.39, 0.29) is 0 Å². The van der Waals surface area contributed by atoms with Gasteiger partial charge >= 0.3 is 0 Å². The molecular weight excluding hydrogens is 242 g/mol. The zero-order valence-electron chi connectivity index (χ0n) is 10.3. The van der Waals surface area contributed by atoms with Gasteiger partial charge in [-0.25, -0.2) is 4.98 Å². The lowest BCUT2D eigenvalue weighted by Gasteiger charge is -2.34. The van der Waals surface area contributed by atoms with Gasteiger partial charge in [-0.15, -0.1) is 0 Å². The van der Waals surface area contributed by atoms with Gasteiger partial charge in [-0.2, -0.15) is 4.98 Å². The molecule has 4 rings (SSSR count). The van der Waals surface area contributed by atoms with Crippen molar-refractivity contribution in [3.63, 3.8) is 0 Å². The molecule has 2 N–H and O–H groups in total. The number of nitrogens with two attached hydrogens (primary N) is 1. The van der Waals surface area contributed by atoms with Gasteiger partial charge in [-0.3, -0.25) is 0 Å². The summed E-state index contributed by atoms with van der Waals surface area (Å²) in [6.07, 6.45) is 6.75. The van der Waals surface area contributed by atoms with Crippen molar-refractivity contribution in [2.24, 2.45) is 5.73 Å². The molecule has 0 aromatic carbocycles. The van der Waals surface area contributed by atoms with Gasteiger partial charge < -0.3 is 14.7 Å². The van der Waals surface area contributed by atoms with Crippen molar-refractivity contribution in [1.82, 2.24) is 19.5 Å². The second kappa shape index (κ2) is 3.64. The van der Waals surface area contributed by atoms with E-state index in [1.165, 1.54) is 0 Å². The van der Waals surface area contributed by atoms with Crippen molar-refractivity contribution in [3.05, 3.63) is 36.4 Å². The van der Waals surface area contributed by atoms with Crippen molar-refractivity contribution >= 4 is 5.65 Å². The van der Waals surface area contributed by atoms with E-state index in [4.69, 9.17) is 10.3 Å². The SMILES string of the molecule is NC1(c2noc(-c3cn4ccccc4n3)n2)CCC1. The summed E-state index contributed by atoms with van der Waals surface area (Å²) in [4.78, 5) is 8.84. The lowest BCUT2D eigenvalue weighted by atomic mass is 9.77. The smallest absolute Gasteiger partial charge is 0.278 e. The second-order valence-corrected chi connectivity index (χ2v) is 5.03. The van der Waals surface area contributed by atoms with Crippen molar-refractivity contribution in [1.29, 1.82) is 0 Å². The molecule has 1 saturated carbocycles. The number of rotatable bonds is 2. The van der Waals surface area contributed by atoms with Gasteiger partial charge in [0.2, 0.25) is 0 Å². The topological polar surface area (TPSA) is 82.2 Å². The molecule has 0 spiro atoms. The van der Waals surface area contributed by atoms with Gasteiger partial charge in [0, 0.05) is 12.4 Å². The maximum atomic E-state index is 6.18. The minimum Gasteiger partial charge on any atom is -0.332 e. The highest BCUT2D eigenvalue weighted by atomic mass is 16.5. The van der Waals surface area contributed by atoms with Gasteiger partial charge in [0.25, 0.3) is 5.89 Å². The van der Waals surface area contributed by atoms with E-state index in [0.29, 0.717) is 17.4 Å². The molecule has 0 unspecified atom stereocenters. The first-order valence-electron chi connectivity index (χ1n) is 6.32. The molecule has 3 aromatic rings. The van der Waals surface area contributed by atoms with Crippen LogP contribution in [0.2, 0.25) is 0 Å². The normalized spacial score (nSPS) is 17.5. The molecule has 1 aliphatic rings. The molecule has 3 heterocycles. The van der Waals surface area contributed by atoms with Crippen LogP contribution in [0, 0.1) is 0 Å². The maximum Gasteiger partial charge on any atom is 0.278 e. The third-order valence-electron chi connectivity index (χ3n) is 3.70. The minimum atomic E-state index is -0.402. The summed E-state index contributed by atoms with van der Waals surface area (Å²) in [6, 6.07) is 5.81. The Morgan fingerprint density at radius 3 is 2.89 bits per heavy atom. The molecule has 6 nitrogen and oxygen atoms in total. The fourth-order valence-electron chi connectivity index (χ4n) is 2.35. The number of imidazole rings is 1. The summed E-state index contributed by atoms with van der Waals surface area (Å²) in [5.74, 6) is 1.02. The maximum absolute atomic E-state index is 6.18. The van der Waals surface area contributed by atoms with E-state index >= 15 is 0 Å². The van der Waals surface area contributed by atoms with Gasteiger partial charge in [0.15, 0.2) is 5.82 Å². The highest BCUT2D eigenvalue weighted by molar-refractivity contribution is 5.54. The molecule has 6 heteroatoms. The van der Waals surface area contributed by atoms with Crippen LogP contribution in [0.3, 0.4) is 0 Å². The predicted octanol–water partition coefficient (Wildman–Crippen LogP) is 1.72. The van der Waals surface area contributed by atoms with Gasteiger partial charge in [-0.05, 0) is 31.4 Å². The minimum absolute atomic E-state index is 0.402. The fraction of sp³-hybridized carbons (Fsp3) is 0.308. The molecule has 0 atom stereocenters. The molecule has 19 heavy (non-hydrogen) atoms. The predicted molar refractivity (Wildman–Crippen MR) is 68.2 cm³/mol. The zero-order valence-corrected chi connectivity index (χ0v) is 10.3. The average Bonchev–Trinajstić information content (AvgIpc) is 3.02. The molecule has 0 aliphatic heterocycles. The van der Waals surface area contributed by atoms with E-state index in [0.717, 1.165) is 24.9 Å². The Kier molecular flexibility index (Phi) is 2.05. The Morgan fingerprint density at radius 1 is 1.26 bits per heavy atom. The van der Waals surface area contributed by atoms with Crippen LogP contribution in [0.1, 0.15) is 25.1 Å². The molecule has 0 saturated heterocycles. The van der Waals surface area contributed by atoms with Gasteiger partial charge in [0.1, 0.15) is 11.3 Å². The Hall–Kier alpha value is -2.21. The van der Waals surface area contributed by atoms with Crippen molar-refractivity contribution < 1.29 is 4.52 Å². The first kappa shape index (κ1) is 10.7. The molecule has 0 bridgehead atoms. The highest BCUT2D eigenvalue weighted by Crippen LogP contribution is 2.37. The number of pyridine rings is 1. The first-order chi connectivity index (χ1) is 9.24. The quantitative estimate of drug-likeness (QED) is 0.754. The van der Waals surface area contributed by atoms with E-state index in [1.807, 2.05) is 35.0 Å². The van der Waals surface area contributed by atoms with Crippen molar-refractivity contribution in [3.8, 4) is 11.6 Å². The van der Waals surface area contributed by atoms with Crippen LogP contribution in [0.5, 0.6) is 0 Å². The number of aromatic nitrogens is 4. The summed E-state index contributed by atoms with van der Waals surface area (Å²) in [6.45, 7) is 0. The number of hydrogen-bond donors (Lipinski definition) is 1.